The van der Waals surface area contributed by atoms with Crippen molar-refractivity contribution in [2.45, 2.75) is 31.7 Å². The highest BCUT2D eigenvalue weighted by atomic mass is 32.1. The largest absolute Gasteiger partial charge is 0.497 e. The van der Waals surface area contributed by atoms with Crippen LogP contribution in [0.5, 0.6) is 5.75 Å². The molecule has 0 bridgehead atoms. The molecule has 29 heavy (non-hydrogen) atoms. The van der Waals surface area contributed by atoms with Crippen LogP contribution in [0.2, 0.25) is 0 Å². The summed E-state index contributed by atoms with van der Waals surface area (Å²) in [5.41, 5.74) is 2.78. The summed E-state index contributed by atoms with van der Waals surface area (Å²) in [5.74, 6) is 0.667. The van der Waals surface area contributed by atoms with Gasteiger partial charge in [-0.1, -0.05) is 18.6 Å². The monoisotopic (exact) mass is 410 g/mol. The number of Topliss-reactive ketones (excluding diaryl/α,β-unsaturated/α-hetero) is 1. The number of ether oxygens (including phenoxy) is 1. The van der Waals surface area contributed by atoms with E-state index in [9.17, 15) is 9.18 Å². The molecule has 1 aromatic heterocycles. The lowest BCUT2D eigenvalue weighted by molar-refractivity contribution is -0.125. The van der Waals surface area contributed by atoms with E-state index in [1.54, 1.807) is 19.2 Å². The van der Waals surface area contributed by atoms with Crippen molar-refractivity contribution in [3.63, 3.8) is 0 Å². The van der Waals surface area contributed by atoms with Crippen molar-refractivity contribution in [3.05, 3.63) is 65.3 Å². The first kappa shape index (κ1) is 19.6. The number of benzene rings is 2. The number of carbonyl (C=O) groups is 1. The molecule has 150 valence electrons. The number of hydrogen-bond acceptors (Lipinski definition) is 5. The molecule has 4 nitrogen and oxygen atoms in total. The minimum Gasteiger partial charge on any atom is -0.497 e. The number of rotatable bonds is 6. The standard InChI is InChI=1S/C23H23FN2O2S/c1-28-18-12-8-15(9-13-18)20-14-29-23(25-20)26-22(16-6-10-17(24)11-7-16)19-4-2-3-5-21(19)27/h6-14,19,22H,2-5H2,1H3,(H,25,26). The lowest BCUT2D eigenvalue weighted by Crippen LogP contribution is -2.30. The van der Waals surface area contributed by atoms with Gasteiger partial charge in [-0.2, -0.15) is 0 Å². The van der Waals surface area contributed by atoms with Crippen molar-refractivity contribution in [1.29, 1.82) is 0 Å². The van der Waals surface area contributed by atoms with Gasteiger partial charge < -0.3 is 10.1 Å². The van der Waals surface area contributed by atoms with Gasteiger partial charge in [0.15, 0.2) is 5.13 Å². The molecule has 1 heterocycles. The SMILES string of the molecule is COc1ccc(-c2csc(NC(c3ccc(F)cc3)C3CCCCC3=O)n2)cc1. The fourth-order valence-electron chi connectivity index (χ4n) is 3.82. The number of ketones is 1. The number of anilines is 1. The predicted molar refractivity (Wildman–Crippen MR) is 114 cm³/mol. The van der Waals surface area contributed by atoms with Gasteiger partial charge in [-0.15, -0.1) is 11.3 Å². The Morgan fingerprint density at radius 1 is 1.14 bits per heavy atom. The molecule has 1 aliphatic carbocycles. The minimum absolute atomic E-state index is 0.123. The maximum Gasteiger partial charge on any atom is 0.183 e. The Hall–Kier alpha value is -2.73. The lowest BCUT2D eigenvalue weighted by atomic mass is 9.80. The number of nitrogens with one attached hydrogen (secondary N) is 1. The third kappa shape index (κ3) is 4.48. The van der Waals surface area contributed by atoms with Crippen molar-refractivity contribution in [2.24, 2.45) is 5.92 Å². The maximum absolute atomic E-state index is 13.4. The number of carbonyl (C=O) groups excluding carboxylic acids is 1. The highest BCUT2D eigenvalue weighted by molar-refractivity contribution is 7.14. The van der Waals surface area contributed by atoms with E-state index in [2.05, 4.69) is 5.32 Å². The summed E-state index contributed by atoms with van der Waals surface area (Å²) >= 11 is 1.51. The van der Waals surface area contributed by atoms with Crippen LogP contribution in [0, 0.1) is 11.7 Å². The van der Waals surface area contributed by atoms with Crippen LogP contribution in [0.1, 0.15) is 37.3 Å². The Bertz CT molecular complexity index is 969. The Morgan fingerprint density at radius 3 is 2.59 bits per heavy atom. The smallest absolute Gasteiger partial charge is 0.183 e. The molecule has 0 saturated heterocycles. The van der Waals surface area contributed by atoms with E-state index in [-0.39, 0.29) is 23.6 Å². The molecule has 2 aromatic carbocycles. The molecule has 6 heteroatoms. The number of nitrogens with zero attached hydrogens (tertiary/aromatic N) is 1. The van der Waals surface area contributed by atoms with Gasteiger partial charge in [0.2, 0.25) is 0 Å². The molecule has 4 rings (SSSR count). The Labute approximate surface area is 173 Å². The van der Waals surface area contributed by atoms with E-state index in [4.69, 9.17) is 9.72 Å². The van der Waals surface area contributed by atoms with E-state index in [1.165, 1.54) is 23.5 Å². The summed E-state index contributed by atoms with van der Waals surface area (Å²) in [6, 6.07) is 14.0. The first-order chi connectivity index (χ1) is 14.1. The average molecular weight is 411 g/mol. The summed E-state index contributed by atoms with van der Waals surface area (Å²) in [7, 11) is 1.64. The summed E-state index contributed by atoms with van der Waals surface area (Å²) in [6.45, 7) is 0. The zero-order valence-electron chi connectivity index (χ0n) is 16.2. The third-order valence-electron chi connectivity index (χ3n) is 5.40. The van der Waals surface area contributed by atoms with E-state index in [1.807, 2.05) is 29.6 Å². The van der Waals surface area contributed by atoms with Gasteiger partial charge in [0, 0.05) is 23.3 Å². The Balaban J connectivity index is 1.59. The van der Waals surface area contributed by atoms with Gasteiger partial charge >= 0.3 is 0 Å². The summed E-state index contributed by atoms with van der Waals surface area (Å²) < 4.78 is 18.6. The van der Waals surface area contributed by atoms with Crippen molar-refractivity contribution in [3.8, 4) is 17.0 Å². The number of thiazole rings is 1. The first-order valence-electron chi connectivity index (χ1n) is 9.79. The van der Waals surface area contributed by atoms with Crippen LogP contribution in [0.15, 0.2) is 53.9 Å². The topological polar surface area (TPSA) is 51.2 Å². The molecule has 1 fully saturated rings. The number of methoxy groups -OCH3 is 1. The molecule has 0 aliphatic heterocycles. The van der Waals surface area contributed by atoms with Gasteiger partial charge in [-0.3, -0.25) is 4.79 Å². The molecule has 2 atom stereocenters. The van der Waals surface area contributed by atoms with Gasteiger partial charge in [-0.05, 0) is 54.8 Å². The van der Waals surface area contributed by atoms with E-state index < -0.39 is 0 Å². The Morgan fingerprint density at radius 2 is 1.90 bits per heavy atom. The second-order valence-corrected chi connectivity index (χ2v) is 8.12. The second-order valence-electron chi connectivity index (χ2n) is 7.26. The van der Waals surface area contributed by atoms with Crippen molar-refractivity contribution in [2.75, 3.05) is 12.4 Å². The summed E-state index contributed by atoms with van der Waals surface area (Å²) in [5, 5.41) is 6.21. The maximum atomic E-state index is 13.4. The van der Waals surface area contributed by atoms with E-state index in [0.717, 1.165) is 47.0 Å². The first-order valence-corrected chi connectivity index (χ1v) is 10.7. The molecule has 3 aromatic rings. The molecule has 0 amide bonds. The van der Waals surface area contributed by atoms with Crippen LogP contribution < -0.4 is 10.1 Å². The molecule has 0 spiro atoms. The van der Waals surface area contributed by atoms with Crippen LogP contribution in [0.3, 0.4) is 0 Å². The Kier molecular flexibility index (Phi) is 5.90. The number of halogens is 1. The predicted octanol–water partition coefficient (Wildman–Crippen LogP) is 5.87. The highest BCUT2D eigenvalue weighted by Crippen LogP contribution is 2.36. The zero-order chi connectivity index (χ0) is 20.2. The lowest BCUT2D eigenvalue weighted by Gasteiger charge is -2.30. The minimum atomic E-state index is -0.279. The molecule has 1 saturated carbocycles. The van der Waals surface area contributed by atoms with Crippen LogP contribution in [0.25, 0.3) is 11.3 Å². The summed E-state index contributed by atoms with van der Waals surface area (Å²) in [4.78, 5) is 17.3. The van der Waals surface area contributed by atoms with E-state index >= 15 is 0 Å². The van der Waals surface area contributed by atoms with Gasteiger partial charge in [0.05, 0.1) is 18.8 Å². The quantitative estimate of drug-likeness (QED) is 0.552. The highest BCUT2D eigenvalue weighted by Gasteiger charge is 2.32. The van der Waals surface area contributed by atoms with Crippen molar-refractivity contribution >= 4 is 22.3 Å². The fourth-order valence-corrected chi connectivity index (χ4v) is 4.57. The van der Waals surface area contributed by atoms with Gasteiger partial charge in [0.1, 0.15) is 17.3 Å². The molecule has 1 N–H and O–H groups in total. The normalized spacial score (nSPS) is 17.7. The zero-order valence-corrected chi connectivity index (χ0v) is 17.0. The molecule has 0 radical (unpaired) electrons. The molecule has 2 unspecified atom stereocenters. The van der Waals surface area contributed by atoms with Crippen LogP contribution in [-0.2, 0) is 4.79 Å². The number of hydrogen-bond donors (Lipinski definition) is 1. The van der Waals surface area contributed by atoms with Gasteiger partial charge in [0.25, 0.3) is 0 Å². The molecular weight excluding hydrogens is 387 g/mol. The molecule has 1 aliphatic rings. The third-order valence-corrected chi connectivity index (χ3v) is 6.18. The fraction of sp³-hybridized carbons (Fsp3) is 0.304. The molecular formula is C23H23FN2O2S. The average Bonchev–Trinajstić information content (AvgIpc) is 3.22. The number of aromatic nitrogens is 1. The van der Waals surface area contributed by atoms with Crippen LogP contribution in [-0.4, -0.2) is 17.9 Å². The van der Waals surface area contributed by atoms with Gasteiger partial charge in [-0.25, -0.2) is 9.37 Å². The summed E-state index contributed by atoms with van der Waals surface area (Å²) in [6.07, 6.45) is 3.43. The van der Waals surface area contributed by atoms with Crippen molar-refractivity contribution < 1.29 is 13.9 Å². The van der Waals surface area contributed by atoms with E-state index in [0.29, 0.717) is 6.42 Å². The second kappa shape index (κ2) is 8.74. The van der Waals surface area contributed by atoms with Crippen molar-refractivity contribution in [1.82, 2.24) is 4.98 Å². The van der Waals surface area contributed by atoms with Crippen LogP contribution in [0.4, 0.5) is 9.52 Å². The van der Waals surface area contributed by atoms with Crippen LogP contribution >= 0.6 is 11.3 Å².